The number of carbonyl (C=O) groups is 2. The molecule has 1 aliphatic carbocycles. The Kier molecular flexibility index (Phi) is 4.78. The number of urea groups is 1. The van der Waals surface area contributed by atoms with E-state index in [0.717, 1.165) is 24.2 Å². The quantitative estimate of drug-likeness (QED) is 0.813. The Balaban J connectivity index is 1.63. The van der Waals surface area contributed by atoms with Crippen LogP contribution in [0.4, 0.5) is 4.79 Å². The van der Waals surface area contributed by atoms with Crippen LogP contribution < -0.4 is 10.1 Å². The van der Waals surface area contributed by atoms with Gasteiger partial charge in [0, 0.05) is 0 Å². The number of ether oxygens (including phenoxy) is 1. The Hall–Kier alpha value is -2.04. The molecule has 1 saturated heterocycles. The van der Waals surface area contributed by atoms with Gasteiger partial charge in [0.15, 0.2) is 0 Å². The van der Waals surface area contributed by atoms with Crippen LogP contribution in [-0.2, 0) is 11.3 Å². The molecule has 1 aliphatic heterocycles. The molecule has 0 radical (unpaired) electrons. The first-order valence-electron chi connectivity index (χ1n) is 8.79. The minimum atomic E-state index is -0.758. The first-order chi connectivity index (χ1) is 11.5. The topological polar surface area (TPSA) is 58.6 Å². The van der Waals surface area contributed by atoms with Gasteiger partial charge in [-0.2, -0.15) is 0 Å². The average Bonchev–Trinajstić information content (AvgIpc) is 3.17. The molecule has 1 saturated carbocycles. The number of carbonyl (C=O) groups excluding carboxylic acids is 2. The Morgan fingerprint density at radius 3 is 2.50 bits per heavy atom. The van der Waals surface area contributed by atoms with Crippen molar-refractivity contribution in [1.82, 2.24) is 10.2 Å². The summed E-state index contributed by atoms with van der Waals surface area (Å²) in [7, 11) is 1.61. The summed E-state index contributed by atoms with van der Waals surface area (Å²) in [6.45, 7) is 2.16. The fourth-order valence-corrected chi connectivity index (χ4v) is 3.77. The Labute approximate surface area is 143 Å². The normalized spacial score (nSPS) is 24.5. The van der Waals surface area contributed by atoms with Crippen LogP contribution in [0.15, 0.2) is 24.3 Å². The van der Waals surface area contributed by atoms with Gasteiger partial charge < -0.3 is 10.1 Å². The van der Waals surface area contributed by atoms with Crippen molar-refractivity contribution < 1.29 is 14.3 Å². The number of benzene rings is 1. The number of hydrogen-bond donors (Lipinski definition) is 1. The van der Waals surface area contributed by atoms with E-state index in [0.29, 0.717) is 12.5 Å². The molecule has 1 N–H and O–H groups in total. The largest absolute Gasteiger partial charge is 0.497 e. The molecular weight excluding hydrogens is 304 g/mol. The minimum absolute atomic E-state index is 0.110. The van der Waals surface area contributed by atoms with Crippen LogP contribution in [-0.4, -0.2) is 29.5 Å². The molecule has 2 fully saturated rings. The Bertz CT molecular complexity index is 608. The second kappa shape index (κ2) is 6.83. The highest BCUT2D eigenvalue weighted by molar-refractivity contribution is 6.06. The van der Waals surface area contributed by atoms with Gasteiger partial charge in [-0.25, -0.2) is 4.79 Å². The molecule has 130 valence electrons. The molecule has 0 aromatic heterocycles. The maximum Gasteiger partial charge on any atom is 0.325 e. The smallest absolute Gasteiger partial charge is 0.325 e. The molecule has 24 heavy (non-hydrogen) atoms. The summed E-state index contributed by atoms with van der Waals surface area (Å²) < 4.78 is 5.14. The van der Waals surface area contributed by atoms with Gasteiger partial charge in [0.05, 0.1) is 13.7 Å². The highest BCUT2D eigenvalue weighted by atomic mass is 16.5. The van der Waals surface area contributed by atoms with Crippen molar-refractivity contribution >= 4 is 11.9 Å². The number of nitrogens with zero attached hydrogens (tertiary/aromatic N) is 1. The van der Waals surface area contributed by atoms with Gasteiger partial charge >= 0.3 is 6.03 Å². The number of methoxy groups -OCH3 is 1. The van der Waals surface area contributed by atoms with Crippen LogP contribution in [0.5, 0.6) is 5.75 Å². The second-order valence-electron chi connectivity index (χ2n) is 7.19. The third-order valence-electron chi connectivity index (χ3n) is 5.37. The molecule has 5 heteroatoms. The van der Waals surface area contributed by atoms with Gasteiger partial charge in [-0.15, -0.1) is 0 Å². The summed E-state index contributed by atoms with van der Waals surface area (Å²) in [5, 5.41) is 2.91. The highest BCUT2D eigenvalue weighted by Gasteiger charge is 2.47. The molecule has 3 amide bonds. The highest BCUT2D eigenvalue weighted by Crippen LogP contribution is 2.33. The van der Waals surface area contributed by atoms with Gasteiger partial charge in [-0.3, -0.25) is 9.69 Å². The third-order valence-corrected chi connectivity index (χ3v) is 5.37. The van der Waals surface area contributed by atoms with Gasteiger partial charge in [-0.1, -0.05) is 37.8 Å². The molecule has 3 rings (SSSR count). The number of imide groups is 1. The van der Waals surface area contributed by atoms with Crippen LogP contribution in [0.25, 0.3) is 0 Å². The second-order valence-corrected chi connectivity index (χ2v) is 7.19. The SMILES string of the molecule is COc1ccc(CN2C(=O)NC(C)(CCC3CCCC3)C2=O)cc1. The van der Waals surface area contributed by atoms with E-state index in [9.17, 15) is 9.59 Å². The molecule has 0 bridgehead atoms. The molecule has 2 aliphatic rings. The van der Waals surface area contributed by atoms with Crippen LogP contribution >= 0.6 is 0 Å². The van der Waals surface area contributed by atoms with E-state index >= 15 is 0 Å². The monoisotopic (exact) mass is 330 g/mol. The standard InChI is InChI=1S/C19H26N2O3/c1-19(12-11-14-5-3-4-6-14)17(22)21(18(23)20-19)13-15-7-9-16(24-2)10-8-15/h7-10,14H,3-6,11-13H2,1-2H3,(H,20,23). The average molecular weight is 330 g/mol. The van der Waals surface area contributed by atoms with Crippen molar-refractivity contribution in [3.8, 4) is 5.75 Å². The van der Waals surface area contributed by atoms with Gasteiger partial charge in [0.25, 0.3) is 5.91 Å². The van der Waals surface area contributed by atoms with Crippen LogP contribution in [0.3, 0.4) is 0 Å². The first kappa shape index (κ1) is 16.8. The predicted molar refractivity (Wildman–Crippen MR) is 91.7 cm³/mol. The molecule has 1 aromatic rings. The lowest BCUT2D eigenvalue weighted by atomic mass is 9.90. The van der Waals surface area contributed by atoms with Gasteiger partial charge in [0.1, 0.15) is 11.3 Å². The summed E-state index contributed by atoms with van der Waals surface area (Å²) in [5.74, 6) is 1.36. The zero-order valence-electron chi connectivity index (χ0n) is 14.5. The fraction of sp³-hybridized carbons (Fsp3) is 0.579. The van der Waals surface area contributed by atoms with E-state index in [1.165, 1.54) is 30.6 Å². The van der Waals surface area contributed by atoms with Gasteiger partial charge in [0.2, 0.25) is 0 Å². The molecule has 1 heterocycles. The molecule has 0 spiro atoms. The van der Waals surface area contributed by atoms with Crippen molar-refractivity contribution in [2.75, 3.05) is 7.11 Å². The summed E-state index contributed by atoms with van der Waals surface area (Å²) in [4.78, 5) is 26.4. The lowest BCUT2D eigenvalue weighted by Gasteiger charge is -2.23. The van der Waals surface area contributed by atoms with Crippen molar-refractivity contribution in [3.05, 3.63) is 29.8 Å². The maximum absolute atomic E-state index is 12.8. The lowest BCUT2D eigenvalue weighted by Crippen LogP contribution is -2.44. The number of hydrogen-bond acceptors (Lipinski definition) is 3. The van der Waals surface area contributed by atoms with E-state index in [1.807, 2.05) is 31.2 Å². The zero-order valence-corrected chi connectivity index (χ0v) is 14.5. The summed E-state index contributed by atoms with van der Waals surface area (Å²) in [5.41, 5.74) is 0.158. The van der Waals surface area contributed by atoms with Crippen LogP contribution in [0.2, 0.25) is 0 Å². The molecule has 5 nitrogen and oxygen atoms in total. The summed E-state index contributed by atoms with van der Waals surface area (Å²) >= 11 is 0. The Morgan fingerprint density at radius 1 is 1.21 bits per heavy atom. The van der Waals surface area contributed by atoms with Crippen LogP contribution in [0.1, 0.15) is 51.0 Å². The van der Waals surface area contributed by atoms with E-state index in [1.54, 1.807) is 7.11 Å². The molecule has 1 aromatic carbocycles. The molecule has 1 atom stereocenters. The number of amides is 3. The van der Waals surface area contributed by atoms with E-state index in [-0.39, 0.29) is 11.9 Å². The van der Waals surface area contributed by atoms with Crippen molar-refractivity contribution in [2.24, 2.45) is 5.92 Å². The zero-order chi connectivity index (χ0) is 17.2. The molecule has 1 unspecified atom stereocenters. The summed E-state index contributed by atoms with van der Waals surface area (Å²) in [6.07, 6.45) is 6.85. The molecular formula is C19H26N2O3. The van der Waals surface area contributed by atoms with Crippen LogP contribution in [0, 0.1) is 5.92 Å². The Morgan fingerprint density at radius 2 is 1.88 bits per heavy atom. The van der Waals surface area contributed by atoms with Gasteiger partial charge in [-0.05, 0) is 43.4 Å². The number of nitrogens with one attached hydrogen (secondary N) is 1. The van der Waals surface area contributed by atoms with E-state index in [4.69, 9.17) is 4.74 Å². The van der Waals surface area contributed by atoms with Crippen molar-refractivity contribution in [2.45, 2.75) is 57.5 Å². The van der Waals surface area contributed by atoms with Crippen molar-refractivity contribution in [1.29, 1.82) is 0 Å². The third kappa shape index (κ3) is 3.40. The predicted octanol–water partition coefficient (Wildman–Crippen LogP) is 3.48. The first-order valence-corrected chi connectivity index (χ1v) is 8.79. The minimum Gasteiger partial charge on any atom is -0.497 e. The van der Waals surface area contributed by atoms with E-state index < -0.39 is 5.54 Å². The fourth-order valence-electron chi connectivity index (χ4n) is 3.77. The van der Waals surface area contributed by atoms with Crippen molar-refractivity contribution in [3.63, 3.8) is 0 Å². The summed E-state index contributed by atoms with van der Waals surface area (Å²) in [6, 6.07) is 7.16. The number of rotatable bonds is 6. The lowest BCUT2D eigenvalue weighted by molar-refractivity contribution is -0.131. The maximum atomic E-state index is 12.8. The van der Waals surface area contributed by atoms with E-state index in [2.05, 4.69) is 5.32 Å².